The van der Waals surface area contributed by atoms with E-state index in [2.05, 4.69) is 14.7 Å². The van der Waals surface area contributed by atoms with Crippen LogP contribution in [0.25, 0.3) is 11.3 Å². The minimum Gasteiger partial charge on any atom is -0.481 e. The maximum atomic E-state index is 13.9. The molecule has 0 amide bonds. The zero-order chi connectivity index (χ0) is 28.6. The fourth-order valence-corrected chi connectivity index (χ4v) is 5.50. The summed E-state index contributed by atoms with van der Waals surface area (Å²) in [5.41, 5.74) is -1.92. The van der Waals surface area contributed by atoms with Crippen LogP contribution in [0.2, 0.25) is 0 Å². The van der Waals surface area contributed by atoms with Crippen molar-refractivity contribution < 1.29 is 35.9 Å². The second kappa shape index (κ2) is 10.4. The highest BCUT2D eigenvalue weighted by Gasteiger charge is 2.36. The van der Waals surface area contributed by atoms with E-state index in [1.807, 2.05) is 11.8 Å². The highest BCUT2D eigenvalue weighted by molar-refractivity contribution is 7.92. The average Bonchev–Trinajstić information content (AvgIpc) is 2.84. The van der Waals surface area contributed by atoms with E-state index in [1.165, 1.54) is 25.1 Å². The highest BCUT2D eigenvalue weighted by atomic mass is 32.2. The summed E-state index contributed by atoms with van der Waals surface area (Å²) in [6.45, 7) is 4.34. The SMILES string of the molecule is Cc1ccc(F)cc1-c1nc(NS(=O)(=O)c2cccc(N3CCC(C)(CC(=O)O)CC3)n2)ccc1C(F)(F)F. The summed E-state index contributed by atoms with van der Waals surface area (Å²) in [5.74, 6) is -1.67. The first-order valence-corrected chi connectivity index (χ1v) is 13.5. The van der Waals surface area contributed by atoms with Crippen LogP contribution < -0.4 is 9.62 Å². The molecule has 0 spiro atoms. The lowest BCUT2D eigenvalue weighted by molar-refractivity contribution is -0.140. The number of aliphatic carboxylic acids is 1. The maximum absolute atomic E-state index is 13.9. The molecule has 1 aliphatic rings. The molecule has 3 aromatic rings. The number of carbonyl (C=O) groups is 1. The van der Waals surface area contributed by atoms with Crippen LogP contribution in [0.3, 0.4) is 0 Å². The molecular formula is C26H26F4N4O4S. The average molecular weight is 567 g/mol. The Balaban J connectivity index is 1.61. The van der Waals surface area contributed by atoms with Gasteiger partial charge in [0.05, 0.1) is 17.7 Å². The van der Waals surface area contributed by atoms with E-state index < -0.39 is 45.1 Å². The quantitative estimate of drug-likeness (QED) is 0.364. The third kappa shape index (κ3) is 6.47. The van der Waals surface area contributed by atoms with Gasteiger partial charge in [0, 0.05) is 18.7 Å². The van der Waals surface area contributed by atoms with Crippen molar-refractivity contribution in [3.63, 3.8) is 0 Å². The number of aromatic nitrogens is 2. The lowest BCUT2D eigenvalue weighted by atomic mass is 9.77. The molecule has 39 heavy (non-hydrogen) atoms. The topological polar surface area (TPSA) is 112 Å². The van der Waals surface area contributed by atoms with Gasteiger partial charge in [0.15, 0.2) is 5.03 Å². The maximum Gasteiger partial charge on any atom is 0.418 e. The highest BCUT2D eigenvalue weighted by Crippen LogP contribution is 2.39. The van der Waals surface area contributed by atoms with Crippen LogP contribution in [0.1, 0.15) is 37.3 Å². The lowest BCUT2D eigenvalue weighted by Gasteiger charge is -2.39. The predicted octanol–water partition coefficient (Wildman–Crippen LogP) is 5.49. The number of alkyl halides is 3. The van der Waals surface area contributed by atoms with Crippen molar-refractivity contribution in [3.8, 4) is 11.3 Å². The molecule has 4 rings (SSSR count). The molecule has 1 aliphatic heterocycles. The molecule has 0 aliphatic carbocycles. The Bertz CT molecular complexity index is 1500. The van der Waals surface area contributed by atoms with E-state index >= 15 is 0 Å². The minimum atomic E-state index is -4.82. The molecular weight excluding hydrogens is 540 g/mol. The van der Waals surface area contributed by atoms with Crippen molar-refractivity contribution in [2.45, 2.75) is 44.3 Å². The van der Waals surface area contributed by atoms with Crippen molar-refractivity contribution in [3.05, 3.63) is 65.5 Å². The number of anilines is 2. The van der Waals surface area contributed by atoms with Crippen LogP contribution in [0, 0.1) is 18.2 Å². The van der Waals surface area contributed by atoms with Gasteiger partial charge >= 0.3 is 12.1 Å². The number of nitrogens with zero attached hydrogens (tertiary/aromatic N) is 3. The lowest BCUT2D eigenvalue weighted by Crippen LogP contribution is -2.40. The van der Waals surface area contributed by atoms with Gasteiger partial charge in [-0.15, -0.1) is 0 Å². The Morgan fingerprint density at radius 3 is 2.44 bits per heavy atom. The number of benzene rings is 1. The number of carboxylic acid groups (broad SMARTS) is 1. The van der Waals surface area contributed by atoms with Crippen molar-refractivity contribution in [1.29, 1.82) is 0 Å². The summed E-state index contributed by atoms with van der Waals surface area (Å²) >= 11 is 0. The second-order valence-electron chi connectivity index (χ2n) is 9.86. The summed E-state index contributed by atoms with van der Waals surface area (Å²) in [4.78, 5) is 21.2. The molecule has 13 heteroatoms. The number of nitrogens with one attached hydrogen (secondary N) is 1. The number of piperidine rings is 1. The molecule has 2 N–H and O–H groups in total. The predicted molar refractivity (Wildman–Crippen MR) is 136 cm³/mol. The van der Waals surface area contributed by atoms with Gasteiger partial charge < -0.3 is 10.0 Å². The van der Waals surface area contributed by atoms with Crippen molar-refractivity contribution in [2.75, 3.05) is 22.7 Å². The summed E-state index contributed by atoms with van der Waals surface area (Å²) in [7, 11) is -4.36. The third-order valence-corrected chi connectivity index (χ3v) is 8.01. The number of hydrogen-bond donors (Lipinski definition) is 2. The Kier molecular flexibility index (Phi) is 7.57. The third-order valence-electron chi connectivity index (χ3n) is 6.75. The molecule has 0 radical (unpaired) electrons. The van der Waals surface area contributed by atoms with Crippen molar-refractivity contribution >= 4 is 27.6 Å². The van der Waals surface area contributed by atoms with E-state index in [4.69, 9.17) is 5.11 Å². The normalized spacial score (nSPS) is 15.7. The molecule has 0 bridgehead atoms. The Labute approximate surface area is 222 Å². The number of aryl methyl sites for hydroxylation is 1. The van der Waals surface area contributed by atoms with E-state index in [9.17, 15) is 30.8 Å². The fourth-order valence-electron chi connectivity index (χ4n) is 4.54. The van der Waals surface area contributed by atoms with Gasteiger partial charge in [-0.1, -0.05) is 19.1 Å². The molecule has 2 aromatic heterocycles. The zero-order valence-corrected chi connectivity index (χ0v) is 21.9. The molecule has 8 nitrogen and oxygen atoms in total. The van der Waals surface area contributed by atoms with Crippen LogP contribution in [-0.2, 0) is 21.0 Å². The fraction of sp³-hybridized carbons (Fsp3) is 0.346. The molecule has 0 atom stereocenters. The summed E-state index contributed by atoms with van der Waals surface area (Å²) in [6.07, 6.45) is -3.63. The standard InChI is InChI=1S/C26H26F4N4O4S/c1-16-6-7-17(27)14-18(16)24-19(26(28,29)30)8-9-20(31-24)33-39(37,38)22-5-3-4-21(32-22)34-12-10-25(2,11-13-34)15-23(35)36/h3-9,14H,10-13,15H2,1-2H3,(H,31,33)(H,35,36). The first kappa shape index (κ1) is 28.3. The van der Waals surface area contributed by atoms with Crippen LogP contribution in [0.4, 0.5) is 29.2 Å². The Morgan fingerprint density at radius 2 is 1.79 bits per heavy atom. The monoisotopic (exact) mass is 566 g/mol. The largest absolute Gasteiger partial charge is 0.481 e. The van der Waals surface area contributed by atoms with Crippen LogP contribution in [-0.4, -0.2) is 42.6 Å². The van der Waals surface area contributed by atoms with Crippen LogP contribution in [0.15, 0.2) is 53.6 Å². The van der Waals surface area contributed by atoms with E-state index in [0.29, 0.717) is 43.4 Å². The van der Waals surface area contributed by atoms with E-state index in [0.717, 1.165) is 18.2 Å². The van der Waals surface area contributed by atoms with E-state index in [-0.39, 0.29) is 22.4 Å². The van der Waals surface area contributed by atoms with Gasteiger partial charge in [-0.3, -0.25) is 9.52 Å². The van der Waals surface area contributed by atoms with Gasteiger partial charge in [-0.05, 0) is 67.1 Å². The van der Waals surface area contributed by atoms with Gasteiger partial charge in [0.1, 0.15) is 17.5 Å². The molecule has 208 valence electrons. The van der Waals surface area contributed by atoms with Gasteiger partial charge in [0.25, 0.3) is 10.0 Å². The minimum absolute atomic E-state index is 0.0316. The molecule has 1 saturated heterocycles. The number of rotatable bonds is 7. The van der Waals surface area contributed by atoms with Crippen molar-refractivity contribution in [1.82, 2.24) is 9.97 Å². The first-order chi connectivity index (χ1) is 18.2. The second-order valence-corrected chi connectivity index (χ2v) is 11.5. The van der Waals surface area contributed by atoms with E-state index in [1.54, 1.807) is 6.07 Å². The number of sulfonamides is 1. The molecule has 1 aromatic carbocycles. The number of pyridine rings is 2. The summed E-state index contributed by atoms with van der Waals surface area (Å²) in [5, 5.41) is 8.78. The Morgan fingerprint density at radius 1 is 1.10 bits per heavy atom. The Hall–Kier alpha value is -3.74. The smallest absolute Gasteiger partial charge is 0.418 e. The van der Waals surface area contributed by atoms with Crippen LogP contribution >= 0.6 is 0 Å². The van der Waals surface area contributed by atoms with Gasteiger partial charge in [-0.2, -0.15) is 21.6 Å². The van der Waals surface area contributed by atoms with Crippen LogP contribution in [0.5, 0.6) is 0 Å². The van der Waals surface area contributed by atoms with Gasteiger partial charge in [0.2, 0.25) is 0 Å². The first-order valence-electron chi connectivity index (χ1n) is 12.0. The zero-order valence-electron chi connectivity index (χ0n) is 21.1. The molecule has 1 fully saturated rings. The van der Waals surface area contributed by atoms with Gasteiger partial charge in [-0.25, -0.2) is 14.4 Å². The molecule has 3 heterocycles. The number of hydrogen-bond acceptors (Lipinski definition) is 6. The molecule has 0 saturated carbocycles. The summed E-state index contributed by atoms with van der Waals surface area (Å²) < 4.78 is 83.5. The molecule has 0 unspecified atom stereocenters. The number of halogens is 4. The number of carboxylic acids is 1. The summed E-state index contributed by atoms with van der Waals surface area (Å²) in [6, 6.07) is 9.26. The van der Waals surface area contributed by atoms with Crippen molar-refractivity contribution in [2.24, 2.45) is 5.41 Å².